The van der Waals surface area contributed by atoms with Gasteiger partial charge >= 0.3 is 12.2 Å². The monoisotopic (exact) mass is 808 g/mol. The van der Waals surface area contributed by atoms with Gasteiger partial charge in [-0.1, -0.05) is 28.1 Å². The van der Waals surface area contributed by atoms with Crippen LogP contribution in [0.3, 0.4) is 0 Å². The van der Waals surface area contributed by atoms with Crippen molar-refractivity contribution in [1.29, 1.82) is 0 Å². The summed E-state index contributed by atoms with van der Waals surface area (Å²) >= 11 is 3.13. The van der Waals surface area contributed by atoms with Crippen molar-refractivity contribution in [3.8, 4) is 0 Å². The molecule has 4 aliphatic rings. The largest absolute Gasteiger partial charge is 0.443 e. The number of carbonyl (C=O) groups is 2. The van der Waals surface area contributed by atoms with Gasteiger partial charge in [-0.05, 0) is 141 Å². The molecule has 1 N–H and O–H groups in total. The molecule has 4 heterocycles. The molecule has 8 nitrogen and oxygen atoms in total. The number of amides is 2. The Labute approximate surface area is 323 Å². The van der Waals surface area contributed by atoms with Crippen molar-refractivity contribution < 1.29 is 27.8 Å². The highest BCUT2D eigenvalue weighted by Gasteiger charge is 2.48. The van der Waals surface area contributed by atoms with Gasteiger partial charge in [0.15, 0.2) is 0 Å². The minimum absolute atomic E-state index is 0. The molecule has 2 fully saturated rings. The molecule has 0 radical (unpaired) electrons. The Hall–Kier alpha value is -2.99. The number of allylic oxidation sites excluding steroid dienone is 1. The number of ether oxygens (including phenoxy) is 2. The Bertz CT molecular complexity index is 1560. The standard InChI is InChI=1S/C20H27FN2O2.C17H23FN2O2.C3H5Br.ClH/c1-5-10-22-11-8-20(9-12-22)14-23(18(24)25-19(2,3)4)17-7-6-15(21)13-16(17)20;1-16(2,3)22-15(21)20-11-17(6-8-19-9-7-17)13-10-12(18)4-5-14(13)20;1-2-3-4;/h5-7,13H,1,8-12,14H2,2-4H3;4-5,10,19H,6-9,11H2,1-3H3;2H,1,3H2;1H. The molecule has 4 aliphatic heterocycles. The fraction of sp³-hybridized carbons (Fsp3) is 0.550. The van der Waals surface area contributed by atoms with Crippen molar-refractivity contribution in [2.24, 2.45) is 0 Å². The summed E-state index contributed by atoms with van der Waals surface area (Å²) in [6.07, 6.45) is 6.60. The van der Waals surface area contributed by atoms with Gasteiger partial charge in [0, 0.05) is 35.8 Å². The number of halogens is 4. The highest BCUT2D eigenvalue weighted by Crippen LogP contribution is 2.48. The van der Waals surface area contributed by atoms with Crippen molar-refractivity contribution >= 4 is 51.9 Å². The van der Waals surface area contributed by atoms with E-state index < -0.39 is 11.2 Å². The third-order valence-corrected chi connectivity index (χ3v) is 10.1. The second-order valence-corrected chi connectivity index (χ2v) is 16.4. The summed E-state index contributed by atoms with van der Waals surface area (Å²) in [5.41, 5.74) is 2.02. The van der Waals surface area contributed by atoms with Crippen LogP contribution in [0.2, 0.25) is 0 Å². The molecule has 0 aromatic heterocycles. The molecule has 2 aromatic rings. The third kappa shape index (κ3) is 10.6. The number of nitrogens with one attached hydrogen (secondary N) is 1. The number of piperidine rings is 2. The maximum Gasteiger partial charge on any atom is 0.414 e. The molecule has 0 saturated carbocycles. The lowest BCUT2D eigenvalue weighted by Crippen LogP contribution is -2.46. The molecule has 288 valence electrons. The minimum atomic E-state index is -0.555. The van der Waals surface area contributed by atoms with Crippen molar-refractivity contribution in [2.45, 2.75) is 89.3 Å². The quantitative estimate of drug-likeness (QED) is 0.246. The van der Waals surface area contributed by atoms with E-state index in [4.69, 9.17) is 9.47 Å². The highest BCUT2D eigenvalue weighted by atomic mass is 79.9. The van der Waals surface area contributed by atoms with Crippen molar-refractivity contribution in [2.75, 3.05) is 60.9 Å². The molecule has 2 spiro atoms. The number of anilines is 2. The summed E-state index contributed by atoms with van der Waals surface area (Å²) in [6.45, 7) is 24.0. The normalized spacial score (nSPS) is 18.5. The first-order valence-corrected chi connectivity index (χ1v) is 18.9. The molecule has 2 amide bonds. The fourth-order valence-corrected chi connectivity index (χ4v) is 7.35. The van der Waals surface area contributed by atoms with Crippen molar-refractivity contribution in [3.63, 3.8) is 0 Å². The molecule has 0 atom stereocenters. The number of likely N-dealkylation sites (tertiary alicyclic amines) is 1. The number of alkyl halides is 1. The van der Waals surface area contributed by atoms with E-state index in [2.05, 4.69) is 39.3 Å². The summed E-state index contributed by atoms with van der Waals surface area (Å²) in [6, 6.07) is 9.43. The Morgan fingerprint density at radius 1 is 0.788 bits per heavy atom. The van der Waals surface area contributed by atoms with Gasteiger partial charge in [0.25, 0.3) is 0 Å². The summed E-state index contributed by atoms with van der Waals surface area (Å²) in [5.74, 6) is -0.500. The van der Waals surface area contributed by atoms with E-state index in [0.717, 1.165) is 86.2 Å². The lowest BCUT2D eigenvalue weighted by atomic mass is 9.74. The van der Waals surface area contributed by atoms with E-state index >= 15 is 0 Å². The summed E-state index contributed by atoms with van der Waals surface area (Å²) in [5, 5.41) is 4.23. The second kappa shape index (κ2) is 17.9. The van der Waals surface area contributed by atoms with Gasteiger partial charge in [-0.3, -0.25) is 14.7 Å². The fourth-order valence-electron chi connectivity index (χ4n) is 7.35. The molecular formula is C40H56BrClF2N4O4. The highest BCUT2D eigenvalue weighted by molar-refractivity contribution is 9.09. The van der Waals surface area contributed by atoms with Crippen LogP contribution in [0.5, 0.6) is 0 Å². The Kier molecular flexibility index (Phi) is 14.9. The van der Waals surface area contributed by atoms with Gasteiger partial charge in [0.2, 0.25) is 0 Å². The lowest BCUT2D eigenvalue weighted by Gasteiger charge is -2.39. The molecule has 0 aliphatic carbocycles. The van der Waals surface area contributed by atoms with Crippen LogP contribution in [-0.2, 0) is 20.3 Å². The van der Waals surface area contributed by atoms with Crippen LogP contribution in [0.25, 0.3) is 0 Å². The van der Waals surface area contributed by atoms with Crippen molar-refractivity contribution in [3.05, 3.63) is 84.5 Å². The van der Waals surface area contributed by atoms with Crippen LogP contribution in [0.1, 0.15) is 78.4 Å². The SMILES string of the molecule is C=CCBr.C=CCN1CCC2(CC1)CN(C(=O)OC(C)(C)C)c1ccc(F)cc12.CC(C)(C)OC(=O)N1CC2(CCNCC2)c2cc(F)ccc21.Cl. The molecule has 2 aromatic carbocycles. The number of nitrogens with zero attached hydrogens (tertiary/aromatic N) is 3. The first kappa shape index (κ1) is 43.4. The van der Waals surface area contributed by atoms with Gasteiger partial charge in [-0.2, -0.15) is 0 Å². The van der Waals surface area contributed by atoms with E-state index in [1.807, 2.05) is 47.6 Å². The number of benzene rings is 2. The smallest absolute Gasteiger partial charge is 0.414 e. The maximum atomic E-state index is 13.9. The van der Waals surface area contributed by atoms with Gasteiger partial charge in [-0.15, -0.1) is 25.6 Å². The number of fused-ring (bicyclic) bond motifs is 4. The predicted octanol–water partition coefficient (Wildman–Crippen LogP) is 9.29. The minimum Gasteiger partial charge on any atom is -0.443 e. The predicted molar refractivity (Wildman–Crippen MR) is 213 cm³/mol. The molecule has 0 bridgehead atoms. The Morgan fingerprint density at radius 2 is 1.19 bits per heavy atom. The Morgan fingerprint density at radius 3 is 1.56 bits per heavy atom. The van der Waals surface area contributed by atoms with Gasteiger partial charge in [0.05, 0.1) is 11.4 Å². The molecule has 6 rings (SSSR count). The molecule has 12 heteroatoms. The lowest BCUT2D eigenvalue weighted by molar-refractivity contribution is 0.0563. The zero-order valence-corrected chi connectivity index (χ0v) is 33.9. The maximum absolute atomic E-state index is 13.9. The third-order valence-electron chi connectivity index (χ3n) is 9.66. The zero-order chi connectivity index (χ0) is 37.6. The summed E-state index contributed by atoms with van der Waals surface area (Å²) in [4.78, 5) is 30.9. The van der Waals surface area contributed by atoms with Gasteiger partial charge in [0.1, 0.15) is 22.8 Å². The second-order valence-electron chi connectivity index (χ2n) is 15.8. The average molecular weight is 810 g/mol. The average Bonchev–Trinajstić information content (AvgIpc) is 3.53. The van der Waals surface area contributed by atoms with Crippen LogP contribution >= 0.6 is 28.3 Å². The summed E-state index contributed by atoms with van der Waals surface area (Å²) < 4.78 is 38.8. The molecule has 0 unspecified atom stereocenters. The molecule has 52 heavy (non-hydrogen) atoms. The first-order chi connectivity index (χ1) is 24.0. The van der Waals surface area contributed by atoms with Crippen molar-refractivity contribution in [1.82, 2.24) is 10.2 Å². The Balaban J connectivity index is 0.000000251. The molecular weight excluding hydrogens is 754 g/mol. The first-order valence-electron chi connectivity index (χ1n) is 17.8. The number of carbonyl (C=O) groups excluding carboxylic acids is 2. The summed E-state index contributed by atoms with van der Waals surface area (Å²) in [7, 11) is 0. The van der Waals surface area contributed by atoms with Crippen LogP contribution in [-0.4, -0.2) is 79.4 Å². The number of hydrogen-bond donors (Lipinski definition) is 1. The van der Waals surface area contributed by atoms with Gasteiger partial charge < -0.3 is 14.8 Å². The van der Waals surface area contributed by atoms with E-state index in [1.54, 1.807) is 40.1 Å². The van der Waals surface area contributed by atoms with E-state index in [1.165, 1.54) is 12.1 Å². The topological polar surface area (TPSA) is 74.4 Å². The van der Waals surface area contributed by atoms with Crippen LogP contribution in [0, 0.1) is 11.6 Å². The van der Waals surface area contributed by atoms with Crippen LogP contribution in [0.15, 0.2) is 61.7 Å². The van der Waals surface area contributed by atoms with E-state index in [9.17, 15) is 18.4 Å². The number of rotatable bonds is 3. The zero-order valence-electron chi connectivity index (χ0n) is 31.5. The van der Waals surface area contributed by atoms with E-state index in [-0.39, 0.29) is 47.1 Å². The van der Waals surface area contributed by atoms with E-state index in [0.29, 0.717) is 13.1 Å². The van der Waals surface area contributed by atoms with Crippen LogP contribution < -0.4 is 15.1 Å². The molecule has 2 saturated heterocycles. The number of hydrogen-bond acceptors (Lipinski definition) is 6. The van der Waals surface area contributed by atoms with Gasteiger partial charge in [-0.25, -0.2) is 18.4 Å². The van der Waals surface area contributed by atoms with Crippen LogP contribution in [0.4, 0.5) is 29.7 Å².